The fraction of sp³-hybridized carbons (Fsp3) is 0.500. The molecule has 0 aromatic heterocycles. The molecule has 1 heterocycles. The molecule has 2 rings (SSSR count). The average Bonchev–Trinajstić information content (AvgIpc) is 2.26. The highest BCUT2D eigenvalue weighted by molar-refractivity contribution is 5.19. The summed E-state index contributed by atoms with van der Waals surface area (Å²) in [5.74, 6) is -0.977. The molecule has 1 aliphatic rings. The van der Waals surface area contributed by atoms with E-state index < -0.39 is 11.6 Å². The Kier molecular flexibility index (Phi) is 3.31. The van der Waals surface area contributed by atoms with Crippen LogP contribution in [-0.2, 0) is 6.42 Å². The molecular weight excluding hydrogens is 196 g/mol. The van der Waals surface area contributed by atoms with Crippen molar-refractivity contribution in [1.82, 2.24) is 5.32 Å². The Labute approximate surface area is 88.5 Å². The second kappa shape index (κ2) is 4.71. The molecule has 1 unspecified atom stereocenters. The molecule has 1 atom stereocenters. The summed E-state index contributed by atoms with van der Waals surface area (Å²) in [6, 6.07) is 4.41. The number of hydrogen-bond acceptors (Lipinski definition) is 1. The van der Waals surface area contributed by atoms with Crippen molar-refractivity contribution >= 4 is 0 Å². The molecule has 3 heteroatoms. The molecule has 1 aliphatic heterocycles. The van der Waals surface area contributed by atoms with E-state index in [-0.39, 0.29) is 0 Å². The van der Waals surface area contributed by atoms with Crippen molar-refractivity contribution < 1.29 is 8.78 Å². The van der Waals surface area contributed by atoms with Gasteiger partial charge in [-0.2, -0.15) is 0 Å². The van der Waals surface area contributed by atoms with E-state index in [1.54, 1.807) is 12.1 Å². The van der Waals surface area contributed by atoms with E-state index in [9.17, 15) is 8.78 Å². The SMILES string of the molecule is Fc1cccc(CC2CCCNC2)c1F. The number of hydrogen-bond donors (Lipinski definition) is 1. The summed E-state index contributed by atoms with van der Waals surface area (Å²) < 4.78 is 26.3. The van der Waals surface area contributed by atoms with Gasteiger partial charge < -0.3 is 5.32 Å². The van der Waals surface area contributed by atoms with E-state index in [1.807, 2.05) is 0 Å². The normalized spacial score (nSPS) is 21.6. The summed E-state index contributed by atoms with van der Waals surface area (Å²) in [4.78, 5) is 0. The maximum absolute atomic E-state index is 13.4. The first kappa shape index (κ1) is 10.6. The lowest BCUT2D eigenvalue weighted by Gasteiger charge is -2.22. The van der Waals surface area contributed by atoms with E-state index >= 15 is 0 Å². The lowest BCUT2D eigenvalue weighted by atomic mass is 9.92. The van der Waals surface area contributed by atoms with Crippen LogP contribution in [0.5, 0.6) is 0 Å². The van der Waals surface area contributed by atoms with Gasteiger partial charge >= 0.3 is 0 Å². The monoisotopic (exact) mass is 211 g/mol. The molecule has 15 heavy (non-hydrogen) atoms. The van der Waals surface area contributed by atoms with Crippen LogP contribution in [0.1, 0.15) is 18.4 Å². The van der Waals surface area contributed by atoms with E-state index in [4.69, 9.17) is 0 Å². The number of rotatable bonds is 2. The molecule has 0 bridgehead atoms. The molecule has 1 nitrogen and oxygen atoms in total. The molecule has 0 amide bonds. The zero-order chi connectivity index (χ0) is 10.7. The van der Waals surface area contributed by atoms with Crippen LogP contribution in [0.15, 0.2) is 18.2 Å². The zero-order valence-electron chi connectivity index (χ0n) is 8.60. The number of halogens is 2. The highest BCUT2D eigenvalue weighted by Gasteiger charge is 2.16. The van der Waals surface area contributed by atoms with Crippen molar-refractivity contribution in [1.29, 1.82) is 0 Å². The van der Waals surface area contributed by atoms with Gasteiger partial charge in [-0.1, -0.05) is 12.1 Å². The smallest absolute Gasteiger partial charge is 0.162 e. The molecule has 1 aromatic carbocycles. The minimum atomic E-state index is -0.740. The summed E-state index contributed by atoms with van der Waals surface area (Å²) in [7, 11) is 0. The highest BCUT2D eigenvalue weighted by atomic mass is 19.2. The Bertz CT molecular complexity index is 332. The summed E-state index contributed by atoms with van der Waals surface area (Å²) in [6.45, 7) is 1.96. The molecular formula is C12H15F2N. The van der Waals surface area contributed by atoms with Crippen LogP contribution in [-0.4, -0.2) is 13.1 Å². The predicted molar refractivity (Wildman–Crippen MR) is 55.7 cm³/mol. The van der Waals surface area contributed by atoms with Crippen LogP contribution >= 0.6 is 0 Å². The number of nitrogens with one attached hydrogen (secondary N) is 1. The van der Waals surface area contributed by atoms with E-state index in [1.165, 1.54) is 0 Å². The molecule has 1 fully saturated rings. The van der Waals surface area contributed by atoms with Gasteiger partial charge in [-0.3, -0.25) is 0 Å². The summed E-state index contributed by atoms with van der Waals surface area (Å²) >= 11 is 0. The average molecular weight is 211 g/mol. The van der Waals surface area contributed by atoms with Crippen molar-refractivity contribution in [3.05, 3.63) is 35.4 Å². The van der Waals surface area contributed by atoms with E-state index in [2.05, 4.69) is 5.32 Å². The van der Waals surface area contributed by atoms with Gasteiger partial charge in [0.25, 0.3) is 0 Å². The molecule has 0 aliphatic carbocycles. The fourth-order valence-corrected chi connectivity index (χ4v) is 2.12. The lowest BCUT2D eigenvalue weighted by molar-refractivity contribution is 0.369. The number of piperidine rings is 1. The quantitative estimate of drug-likeness (QED) is 0.792. The van der Waals surface area contributed by atoms with Crippen molar-refractivity contribution in [2.24, 2.45) is 5.92 Å². The van der Waals surface area contributed by atoms with E-state index in [0.717, 1.165) is 32.0 Å². The topological polar surface area (TPSA) is 12.0 Å². The third-order valence-electron chi connectivity index (χ3n) is 2.94. The van der Waals surface area contributed by atoms with Gasteiger partial charge in [0.15, 0.2) is 11.6 Å². The molecule has 0 saturated carbocycles. The first-order chi connectivity index (χ1) is 7.27. The Morgan fingerprint density at radius 1 is 1.33 bits per heavy atom. The second-order valence-corrected chi connectivity index (χ2v) is 4.13. The highest BCUT2D eigenvalue weighted by Crippen LogP contribution is 2.19. The third kappa shape index (κ3) is 2.53. The van der Waals surface area contributed by atoms with Crippen LogP contribution in [0.3, 0.4) is 0 Å². The second-order valence-electron chi connectivity index (χ2n) is 4.13. The molecule has 0 spiro atoms. The zero-order valence-corrected chi connectivity index (χ0v) is 8.60. The fourth-order valence-electron chi connectivity index (χ4n) is 2.12. The predicted octanol–water partition coefficient (Wildman–Crippen LogP) is 2.51. The Hall–Kier alpha value is -0.960. The molecule has 1 N–H and O–H groups in total. The standard InChI is InChI=1S/C12H15F2N/c13-11-5-1-4-10(12(11)14)7-9-3-2-6-15-8-9/h1,4-5,9,15H,2-3,6-8H2. The van der Waals surface area contributed by atoms with Crippen LogP contribution < -0.4 is 5.32 Å². The van der Waals surface area contributed by atoms with Gasteiger partial charge in [0.1, 0.15) is 0 Å². The lowest BCUT2D eigenvalue weighted by Crippen LogP contribution is -2.31. The van der Waals surface area contributed by atoms with Gasteiger partial charge in [-0.05, 0) is 49.9 Å². The Morgan fingerprint density at radius 2 is 2.20 bits per heavy atom. The maximum atomic E-state index is 13.4. The number of benzene rings is 1. The van der Waals surface area contributed by atoms with Crippen LogP contribution in [0.2, 0.25) is 0 Å². The van der Waals surface area contributed by atoms with Crippen molar-refractivity contribution in [2.45, 2.75) is 19.3 Å². The van der Waals surface area contributed by atoms with Crippen molar-refractivity contribution in [3.63, 3.8) is 0 Å². The Morgan fingerprint density at radius 3 is 2.93 bits per heavy atom. The van der Waals surface area contributed by atoms with E-state index in [0.29, 0.717) is 17.9 Å². The van der Waals surface area contributed by atoms with Gasteiger partial charge in [0.2, 0.25) is 0 Å². The summed E-state index contributed by atoms with van der Waals surface area (Å²) in [5.41, 5.74) is 0.503. The van der Waals surface area contributed by atoms with Gasteiger partial charge in [0, 0.05) is 0 Å². The summed E-state index contributed by atoms with van der Waals surface area (Å²) in [6.07, 6.45) is 2.86. The van der Waals surface area contributed by atoms with Crippen LogP contribution in [0.25, 0.3) is 0 Å². The first-order valence-electron chi connectivity index (χ1n) is 5.41. The van der Waals surface area contributed by atoms with Gasteiger partial charge in [0.05, 0.1) is 0 Å². The molecule has 1 saturated heterocycles. The molecule has 82 valence electrons. The summed E-state index contributed by atoms with van der Waals surface area (Å²) in [5, 5.41) is 3.27. The largest absolute Gasteiger partial charge is 0.316 e. The Balaban J connectivity index is 2.06. The maximum Gasteiger partial charge on any atom is 0.162 e. The third-order valence-corrected chi connectivity index (χ3v) is 2.94. The molecule has 1 aromatic rings. The van der Waals surface area contributed by atoms with Gasteiger partial charge in [-0.25, -0.2) is 8.78 Å². The van der Waals surface area contributed by atoms with Crippen molar-refractivity contribution in [2.75, 3.05) is 13.1 Å². The minimum Gasteiger partial charge on any atom is -0.316 e. The van der Waals surface area contributed by atoms with Crippen molar-refractivity contribution in [3.8, 4) is 0 Å². The van der Waals surface area contributed by atoms with Gasteiger partial charge in [-0.15, -0.1) is 0 Å². The van der Waals surface area contributed by atoms with Crippen LogP contribution in [0.4, 0.5) is 8.78 Å². The first-order valence-corrected chi connectivity index (χ1v) is 5.41. The molecule has 0 radical (unpaired) electrons. The van der Waals surface area contributed by atoms with Crippen LogP contribution in [0, 0.1) is 17.6 Å². The minimum absolute atomic E-state index is 0.440.